The van der Waals surface area contributed by atoms with E-state index >= 15 is 0 Å². The van der Waals surface area contributed by atoms with Crippen LogP contribution in [0.5, 0.6) is 0 Å². The largest absolute Gasteiger partial charge is 0.465 e. The molecule has 0 unspecified atom stereocenters. The zero-order valence-corrected chi connectivity index (χ0v) is 23.6. The van der Waals surface area contributed by atoms with Gasteiger partial charge in [-0.15, -0.1) is 0 Å². The first kappa shape index (κ1) is 27.1. The first-order valence-corrected chi connectivity index (χ1v) is 13.5. The van der Waals surface area contributed by atoms with Crippen molar-refractivity contribution < 1.29 is 14.3 Å². The predicted octanol–water partition coefficient (Wildman–Crippen LogP) is 5.74. The van der Waals surface area contributed by atoms with Crippen molar-refractivity contribution in [2.75, 3.05) is 17.3 Å². The van der Waals surface area contributed by atoms with Crippen molar-refractivity contribution in [3.63, 3.8) is 0 Å². The number of rotatable bonds is 7. The van der Waals surface area contributed by atoms with Crippen LogP contribution in [0.25, 0.3) is 5.69 Å². The van der Waals surface area contributed by atoms with Crippen LogP contribution in [0, 0.1) is 12.8 Å². The predicted molar refractivity (Wildman–Crippen MR) is 160 cm³/mol. The number of methoxy groups -OCH3 is 1. The van der Waals surface area contributed by atoms with Gasteiger partial charge in [0.1, 0.15) is 6.04 Å². The lowest BCUT2D eigenvalue weighted by atomic mass is 10.00. The average molecular weight is 554 g/mol. The van der Waals surface area contributed by atoms with E-state index in [0.717, 1.165) is 28.3 Å². The van der Waals surface area contributed by atoms with E-state index in [2.05, 4.69) is 20.5 Å². The Morgan fingerprint density at radius 3 is 2.52 bits per heavy atom. The number of carbonyl (C=O) groups is 2. The third kappa shape index (κ3) is 5.08. The smallest absolute Gasteiger partial charge is 0.339 e. The van der Waals surface area contributed by atoms with Crippen LogP contribution in [0.15, 0.2) is 85.2 Å². The van der Waals surface area contributed by atoms with Crippen molar-refractivity contribution in [2.24, 2.45) is 5.92 Å². The Labute approximate surface area is 239 Å². The second-order valence-electron chi connectivity index (χ2n) is 9.95. The molecule has 9 heteroatoms. The maximum atomic E-state index is 12.7. The van der Waals surface area contributed by atoms with Gasteiger partial charge in [-0.1, -0.05) is 32.0 Å². The number of pyridine rings is 1. The van der Waals surface area contributed by atoms with E-state index in [0.29, 0.717) is 16.4 Å². The Morgan fingerprint density at radius 2 is 1.82 bits per heavy atom. The highest BCUT2D eigenvalue weighted by atomic mass is 32.1. The van der Waals surface area contributed by atoms with Crippen LogP contribution in [-0.4, -0.2) is 33.6 Å². The van der Waals surface area contributed by atoms with E-state index in [1.807, 2.05) is 98.3 Å². The number of esters is 1. The van der Waals surface area contributed by atoms with Crippen molar-refractivity contribution in [1.82, 2.24) is 14.9 Å². The number of thiocarbonyl (C=S) groups is 1. The molecule has 1 saturated heterocycles. The molecule has 4 aromatic rings. The molecule has 3 heterocycles. The van der Waals surface area contributed by atoms with Crippen LogP contribution in [0.4, 0.5) is 11.4 Å². The summed E-state index contributed by atoms with van der Waals surface area (Å²) in [6.07, 6.45) is 3.70. The number of nitrogens with one attached hydrogen (secondary N) is 2. The fraction of sp³-hybridized carbons (Fsp3) is 0.226. The molecule has 2 N–H and O–H groups in total. The van der Waals surface area contributed by atoms with Gasteiger partial charge in [-0.3, -0.25) is 9.78 Å². The number of carbonyl (C=O) groups excluding carboxylic acids is 2. The normalized spacial score (nSPS) is 16.6. The molecular formula is C31H31N5O3S. The SMILES string of the molecule is COC(=O)c1ccccc1-n1cccc1[C@@H]1[C@@H](c2ccccn2)NC(=S)N1c1ccc(NC(=O)C(C)C)c(C)c1. The highest BCUT2D eigenvalue weighted by Crippen LogP contribution is 2.43. The fourth-order valence-corrected chi connectivity index (χ4v) is 5.32. The molecule has 1 aliphatic heterocycles. The standard InChI is InChI=1S/C31H31N5O3S/c1-19(2)29(37)33-23-15-14-21(18-20(23)3)36-28(27(34-31(36)40)24-11-7-8-16-32-24)26-13-9-17-35(26)25-12-6-5-10-22(25)30(38)39-4/h5-19,27-28H,1-4H3,(H,33,37)(H,34,40)/t27-,28-/m1/s1. The summed E-state index contributed by atoms with van der Waals surface area (Å²) >= 11 is 5.91. The molecular weight excluding hydrogens is 522 g/mol. The van der Waals surface area contributed by atoms with Crippen LogP contribution in [0.2, 0.25) is 0 Å². The molecule has 0 bridgehead atoms. The van der Waals surface area contributed by atoms with E-state index in [1.54, 1.807) is 12.3 Å². The van der Waals surface area contributed by atoms with Gasteiger partial charge in [-0.25, -0.2) is 4.79 Å². The minimum Gasteiger partial charge on any atom is -0.465 e. The number of amides is 1. The fourth-order valence-electron chi connectivity index (χ4n) is 4.97. The zero-order valence-electron chi connectivity index (χ0n) is 22.8. The Balaban J connectivity index is 1.63. The number of hydrogen-bond acceptors (Lipinski definition) is 5. The maximum Gasteiger partial charge on any atom is 0.339 e. The molecule has 0 aliphatic carbocycles. The van der Waals surface area contributed by atoms with E-state index in [9.17, 15) is 9.59 Å². The third-order valence-electron chi connectivity index (χ3n) is 7.02. The Morgan fingerprint density at radius 1 is 1.05 bits per heavy atom. The second-order valence-corrected chi connectivity index (χ2v) is 10.3. The minimum absolute atomic E-state index is 0.0376. The number of aryl methyl sites for hydroxylation is 1. The van der Waals surface area contributed by atoms with Crippen LogP contribution in [0.3, 0.4) is 0 Å². The first-order chi connectivity index (χ1) is 19.3. The first-order valence-electron chi connectivity index (χ1n) is 13.1. The van der Waals surface area contributed by atoms with Gasteiger partial charge in [-0.2, -0.15) is 0 Å². The molecule has 0 radical (unpaired) electrons. The van der Waals surface area contributed by atoms with Crippen molar-refractivity contribution >= 4 is 40.6 Å². The van der Waals surface area contributed by atoms with E-state index < -0.39 is 5.97 Å². The number of anilines is 2. The number of nitrogens with zero attached hydrogens (tertiary/aromatic N) is 3. The summed E-state index contributed by atoms with van der Waals surface area (Å²) in [7, 11) is 1.38. The van der Waals surface area contributed by atoms with E-state index in [1.165, 1.54) is 7.11 Å². The van der Waals surface area contributed by atoms with E-state index in [4.69, 9.17) is 17.0 Å². The van der Waals surface area contributed by atoms with Gasteiger partial charge in [0.05, 0.1) is 30.1 Å². The molecule has 204 valence electrons. The molecule has 2 aromatic heterocycles. The average Bonchev–Trinajstić information content (AvgIpc) is 3.58. The number of benzene rings is 2. The summed E-state index contributed by atoms with van der Waals surface area (Å²) < 4.78 is 7.07. The minimum atomic E-state index is -0.414. The molecule has 2 aromatic carbocycles. The van der Waals surface area contributed by atoms with Crippen LogP contribution in [-0.2, 0) is 9.53 Å². The summed E-state index contributed by atoms with van der Waals surface area (Å²) in [5.74, 6) is -0.578. The molecule has 1 amide bonds. The molecule has 1 aliphatic rings. The molecule has 0 saturated carbocycles. The van der Waals surface area contributed by atoms with Crippen LogP contribution in [0.1, 0.15) is 53.2 Å². The molecule has 0 spiro atoms. The lowest BCUT2D eigenvalue weighted by molar-refractivity contribution is -0.118. The van der Waals surface area contributed by atoms with Gasteiger partial charge in [0.25, 0.3) is 0 Å². The lowest BCUT2D eigenvalue weighted by Gasteiger charge is -2.29. The number of ether oxygens (including phenoxy) is 1. The van der Waals surface area contributed by atoms with Crippen molar-refractivity contribution in [1.29, 1.82) is 0 Å². The summed E-state index contributed by atoms with van der Waals surface area (Å²) in [5.41, 5.74) is 5.45. The van der Waals surface area contributed by atoms with Crippen molar-refractivity contribution in [3.05, 3.63) is 108 Å². The number of aromatic nitrogens is 2. The summed E-state index contributed by atoms with van der Waals surface area (Å²) in [5, 5.41) is 7.04. The van der Waals surface area contributed by atoms with Gasteiger partial charge in [0.15, 0.2) is 5.11 Å². The third-order valence-corrected chi connectivity index (χ3v) is 7.34. The maximum absolute atomic E-state index is 12.7. The molecule has 2 atom stereocenters. The van der Waals surface area contributed by atoms with Gasteiger partial charge < -0.3 is 24.8 Å². The van der Waals surface area contributed by atoms with Gasteiger partial charge >= 0.3 is 5.97 Å². The topological polar surface area (TPSA) is 88.5 Å². The van der Waals surface area contributed by atoms with E-state index in [-0.39, 0.29) is 23.9 Å². The Bertz CT molecular complexity index is 1570. The summed E-state index contributed by atoms with van der Waals surface area (Å²) in [6.45, 7) is 5.69. The van der Waals surface area contributed by atoms with Gasteiger partial charge in [-0.05, 0) is 79.3 Å². The highest BCUT2D eigenvalue weighted by Gasteiger charge is 2.42. The highest BCUT2D eigenvalue weighted by molar-refractivity contribution is 7.80. The zero-order chi connectivity index (χ0) is 28.4. The second kappa shape index (κ2) is 11.3. The van der Waals surface area contributed by atoms with Gasteiger partial charge in [0, 0.05) is 35.4 Å². The molecule has 1 fully saturated rings. The number of hydrogen-bond donors (Lipinski definition) is 2. The lowest BCUT2D eigenvalue weighted by Crippen LogP contribution is -2.30. The van der Waals surface area contributed by atoms with Crippen molar-refractivity contribution in [3.8, 4) is 5.69 Å². The van der Waals surface area contributed by atoms with Gasteiger partial charge in [0.2, 0.25) is 5.91 Å². The Kier molecular flexibility index (Phi) is 7.66. The monoisotopic (exact) mass is 553 g/mol. The van der Waals surface area contributed by atoms with Crippen LogP contribution >= 0.6 is 12.2 Å². The number of para-hydroxylation sites is 1. The quantitative estimate of drug-likeness (QED) is 0.223. The summed E-state index contributed by atoms with van der Waals surface area (Å²) in [4.78, 5) is 31.7. The Hall–Kier alpha value is -4.50. The molecule has 40 heavy (non-hydrogen) atoms. The van der Waals surface area contributed by atoms with Crippen LogP contribution < -0.4 is 15.5 Å². The van der Waals surface area contributed by atoms with Crippen molar-refractivity contribution in [2.45, 2.75) is 32.9 Å². The molecule has 8 nitrogen and oxygen atoms in total. The molecule has 5 rings (SSSR count). The summed E-state index contributed by atoms with van der Waals surface area (Å²) in [6, 6.07) is 22.5.